The van der Waals surface area contributed by atoms with E-state index in [0.29, 0.717) is 17.9 Å². The second-order valence-electron chi connectivity index (χ2n) is 9.28. The summed E-state index contributed by atoms with van der Waals surface area (Å²) in [5.41, 5.74) is -2.75. The smallest absolute Gasteiger partial charge is 0.333 e. The summed E-state index contributed by atoms with van der Waals surface area (Å²) in [5, 5.41) is 10.2. The lowest BCUT2D eigenvalue weighted by atomic mass is 9.45. The van der Waals surface area contributed by atoms with Crippen LogP contribution in [-0.2, 0) is 14.3 Å². The molecule has 2 bridgehead atoms. The average molecular weight is 346 g/mol. The van der Waals surface area contributed by atoms with Crippen LogP contribution in [0.2, 0.25) is 0 Å². The van der Waals surface area contributed by atoms with E-state index in [0.717, 1.165) is 32.1 Å². The predicted octanol–water partition coefficient (Wildman–Crippen LogP) is 4.50. The van der Waals surface area contributed by atoms with Gasteiger partial charge in [0, 0.05) is 16.4 Å². The number of carbonyl (C=O) groups is 2. The van der Waals surface area contributed by atoms with Gasteiger partial charge in [-0.05, 0) is 58.3 Å². The SMILES string of the molecule is C=C(C)C(=O)OC1(C23CCC(CC2)C3)C(C)(C)CC=CC1(C)C(=O)O. The Kier molecular flexibility index (Phi) is 3.98. The van der Waals surface area contributed by atoms with Gasteiger partial charge in [0.05, 0.1) is 0 Å². The molecule has 2 fully saturated rings. The average Bonchev–Trinajstić information content (AvgIpc) is 3.12. The van der Waals surface area contributed by atoms with Crippen LogP contribution in [0.4, 0.5) is 0 Å². The van der Waals surface area contributed by atoms with E-state index in [1.165, 1.54) is 0 Å². The number of esters is 1. The first kappa shape index (κ1) is 18.2. The molecule has 0 aliphatic heterocycles. The number of carboxylic acid groups (broad SMARTS) is 1. The second kappa shape index (κ2) is 5.46. The molecule has 0 amide bonds. The molecule has 0 heterocycles. The molecular formula is C21H30O4. The van der Waals surface area contributed by atoms with Crippen molar-refractivity contribution in [3.05, 3.63) is 24.3 Å². The van der Waals surface area contributed by atoms with E-state index in [1.54, 1.807) is 19.9 Å². The lowest BCUT2D eigenvalue weighted by Crippen LogP contribution is -2.70. The molecule has 0 aromatic carbocycles. The van der Waals surface area contributed by atoms with Crippen molar-refractivity contribution in [2.24, 2.45) is 22.2 Å². The van der Waals surface area contributed by atoms with Crippen molar-refractivity contribution in [3.8, 4) is 0 Å². The van der Waals surface area contributed by atoms with Gasteiger partial charge in [-0.1, -0.05) is 32.6 Å². The Bertz CT molecular complexity index is 651. The molecule has 3 aliphatic rings. The quantitative estimate of drug-likeness (QED) is 0.462. The number of aliphatic carboxylic acids is 1. The van der Waals surface area contributed by atoms with Crippen molar-refractivity contribution in [1.82, 2.24) is 0 Å². The highest BCUT2D eigenvalue weighted by Gasteiger charge is 2.74. The van der Waals surface area contributed by atoms with Gasteiger partial charge in [0.1, 0.15) is 11.0 Å². The molecular weight excluding hydrogens is 316 g/mol. The predicted molar refractivity (Wildman–Crippen MR) is 95.9 cm³/mol. The number of carbonyl (C=O) groups excluding carboxylic acids is 1. The summed E-state index contributed by atoms with van der Waals surface area (Å²) in [4.78, 5) is 25.2. The Hall–Kier alpha value is -1.58. The van der Waals surface area contributed by atoms with Crippen molar-refractivity contribution in [3.63, 3.8) is 0 Å². The van der Waals surface area contributed by atoms with Crippen LogP contribution >= 0.6 is 0 Å². The van der Waals surface area contributed by atoms with Crippen molar-refractivity contribution >= 4 is 11.9 Å². The van der Waals surface area contributed by atoms with Gasteiger partial charge >= 0.3 is 11.9 Å². The molecule has 0 aromatic heterocycles. The summed E-state index contributed by atoms with van der Waals surface area (Å²) in [5.74, 6) is -0.767. The number of hydrogen-bond donors (Lipinski definition) is 1. The monoisotopic (exact) mass is 346 g/mol. The number of carboxylic acids is 1. The zero-order valence-electron chi connectivity index (χ0n) is 15.9. The van der Waals surface area contributed by atoms with E-state index in [9.17, 15) is 14.7 Å². The van der Waals surface area contributed by atoms with Crippen LogP contribution in [0.3, 0.4) is 0 Å². The van der Waals surface area contributed by atoms with Gasteiger partial charge in [0.25, 0.3) is 0 Å². The molecule has 3 rings (SSSR count). The topological polar surface area (TPSA) is 63.6 Å². The molecule has 0 aromatic rings. The lowest BCUT2D eigenvalue weighted by Gasteiger charge is -2.62. The number of hydrogen-bond acceptors (Lipinski definition) is 3. The summed E-state index contributed by atoms with van der Waals surface area (Å²) >= 11 is 0. The standard InChI is InChI=1S/C21H30O4/c1-14(2)16(22)25-21(20-11-7-15(13-20)8-12-20)18(3,4)9-6-10-19(21,5)17(23)24/h6,10,15H,1,7-9,11-13H2,2-5H3,(H,23,24). The Balaban J connectivity index is 2.28. The molecule has 4 nitrogen and oxygen atoms in total. The molecule has 3 aliphatic carbocycles. The maximum Gasteiger partial charge on any atom is 0.333 e. The normalized spacial score (nSPS) is 41.5. The highest BCUT2D eigenvalue weighted by atomic mass is 16.6. The van der Waals surface area contributed by atoms with Gasteiger partial charge in [0.15, 0.2) is 0 Å². The third-order valence-corrected chi connectivity index (χ3v) is 7.29. The number of fused-ring (bicyclic) bond motifs is 2. The minimum absolute atomic E-state index is 0.274. The molecule has 4 heteroatoms. The fourth-order valence-electron chi connectivity index (χ4n) is 6.31. The van der Waals surface area contributed by atoms with Crippen molar-refractivity contribution < 1.29 is 19.4 Å². The minimum Gasteiger partial charge on any atom is -0.480 e. The fraction of sp³-hybridized carbons (Fsp3) is 0.714. The molecule has 138 valence electrons. The number of ether oxygens (including phenoxy) is 1. The summed E-state index contributed by atoms with van der Waals surface area (Å²) in [7, 11) is 0. The van der Waals surface area contributed by atoms with Crippen LogP contribution in [0.5, 0.6) is 0 Å². The second-order valence-corrected chi connectivity index (χ2v) is 9.28. The first-order valence-electron chi connectivity index (χ1n) is 9.31. The van der Waals surface area contributed by atoms with E-state index in [4.69, 9.17) is 4.74 Å². The summed E-state index contributed by atoms with van der Waals surface area (Å²) < 4.78 is 6.27. The largest absolute Gasteiger partial charge is 0.480 e. The Morgan fingerprint density at radius 1 is 1.20 bits per heavy atom. The number of rotatable bonds is 4. The molecule has 1 N–H and O–H groups in total. The molecule has 2 unspecified atom stereocenters. The minimum atomic E-state index is -1.25. The van der Waals surface area contributed by atoms with Gasteiger partial charge in [-0.25, -0.2) is 4.79 Å². The maximum absolute atomic E-state index is 12.7. The fourth-order valence-corrected chi connectivity index (χ4v) is 6.31. The van der Waals surface area contributed by atoms with E-state index < -0.39 is 28.4 Å². The number of allylic oxidation sites excluding steroid dienone is 1. The van der Waals surface area contributed by atoms with Crippen LogP contribution in [0.1, 0.15) is 66.2 Å². The van der Waals surface area contributed by atoms with Crippen LogP contribution in [0.25, 0.3) is 0 Å². The molecule has 2 atom stereocenters. The van der Waals surface area contributed by atoms with Gasteiger partial charge in [-0.2, -0.15) is 0 Å². The lowest BCUT2D eigenvalue weighted by molar-refractivity contribution is -0.245. The first-order chi connectivity index (χ1) is 11.5. The van der Waals surface area contributed by atoms with Crippen molar-refractivity contribution in [2.75, 3.05) is 0 Å². The Labute approximate surface area is 150 Å². The van der Waals surface area contributed by atoms with Crippen LogP contribution in [0.15, 0.2) is 24.3 Å². The Morgan fingerprint density at radius 3 is 2.24 bits per heavy atom. The van der Waals surface area contributed by atoms with E-state index in [2.05, 4.69) is 20.4 Å². The molecule has 0 spiro atoms. The van der Waals surface area contributed by atoms with E-state index >= 15 is 0 Å². The van der Waals surface area contributed by atoms with Crippen molar-refractivity contribution in [1.29, 1.82) is 0 Å². The summed E-state index contributed by atoms with van der Waals surface area (Å²) in [6.45, 7) is 11.2. The maximum atomic E-state index is 12.7. The molecule has 2 saturated carbocycles. The summed E-state index contributed by atoms with van der Waals surface area (Å²) in [6, 6.07) is 0. The van der Waals surface area contributed by atoms with Crippen LogP contribution in [0, 0.1) is 22.2 Å². The van der Waals surface area contributed by atoms with Crippen LogP contribution in [-0.4, -0.2) is 22.6 Å². The van der Waals surface area contributed by atoms with E-state index in [-0.39, 0.29) is 5.41 Å². The third kappa shape index (κ3) is 2.18. The Morgan fingerprint density at radius 2 is 1.80 bits per heavy atom. The molecule has 25 heavy (non-hydrogen) atoms. The zero-order chi connectivity index (χ0) is 18.7. The van der Waals surface area contributed by atoms with Gasteiger partial charge in [-0.3, -0.25) is 4.79 Å². The highest BCUT2D eigenvalue weighted by Crippen LogP contribution is 2.71. The van der Waals surface area contributed by atoms with Gasteiger partial charge < -0.3 is 9.84 Å². The van der Waals surface area contributed by atoms with Crippen LogP contribution < -0.4 is 0 Å². The zero-order valence-corrected chi connectivity index (χ0v) is 15.9. The van der Waals surface area contributed by atoms with Crippen molar-refractivity contribution in [2.45, 2.75) is 71.8 Å². The third-order valence-electron chi connectivity index (χ3n) is 7.29. The highest BCUT2D eigenvalue weighted by molar-refractivity contribution is 5.89. The first-order valence-corrected chi connectivity index (χ1v) is 9.31. The van der Waals surface area contributed by atoms with E-state index in [1.807, 2.05) is 6.08 Å². The summed E-state index contributed by atoms with van der Waals surface area (Å²) in [6.07, 6.45) is 9.43. The molecule has 0 saturated heterocycles. The van der Waals surface area contributed by atoms with Gasteiger partial charge in [0.2, 0.25) is 0 Å². The van der Waals surface area contributed by atoms with Gasteiger partial charge in [-0.15, -0.1) is 0 Å². The molecule has 0 radical (unpaired) electrons.